The molecule has 0 saturated heterocycles. The van der Waals surface area contributed by atoms with E-state index in [1.165, 1.54) is 12.1 Å². The normalized spacial score (nSPS) is 14.4. The van der Waals surface area contributed by atoms with Crippen LogP contribution in [0.25, 0.3) is 11.5 Å². The van der Waals surface area contributed by atoms with E-state index in [4.69, 9.17) is 5.10 Å². The van der Waals surface area contributed by atoms with Crippen molar-refractivity contribution >= 4 is 23.5 Å². The lowest BCUT2D eigenvalue weighted by molar-refractivity contribution is 0.194. The van der Waals surface area contributed by atoms with Crippen molar-refractivity contribution in [1.29, 1.82) is 0 Å². The second kappa shape index (κ2) is 10.5. The molecule has 1 aliphatic rings. The quantitative estimate of drug-likeness (QED) is 0.241. The Hall–Kier alpha value is -4.30. The van der Waals surface area contributed by atoms with Gasteiger partial charge in [-0.1, -0.05) is 43.3 Å². The third-order valence-corrected chi connectivity index (χ3v) is 7.80. The fourth-order valence-electron chi connectivity index (χ4n) is 5.24. The number of fused-ring (bicyclic) bond motifs is 3. The molecule has 3 heterocycles. The molecule has 39 heavy (non-hydrogen) atoms. The maximum Gasteiger partial charge on any atom is 0.322 e. The van der Waals surface area contributed by atoms with Crippen molar-refractivity contribution in [1.82, 2.24) is 19.2 Å². The van der Waals surface area contributed by atoms with Crippen LogP contribution in [0.3, 0.4) is 0 Å². The summed E-state index contributed by atoms with van der Waals surface area (Å²) in [5, 5.41) is 8.11. The highest BCUT2D eigenvalue weighted by atomic mass is 32.2. The molecule has 2 aromatic heterocycles. The number of rotatable bonds is 5. The number of thioether (sulfide) groups is 1. The number of hydrogen-bond acceptors (Lipinski definition) is 3. The first-order valence-corrected chi connectivity index (χ1v) is 14.1. The van der Waals surface area contributed by atoms with Crippen molar-refractivity contribution in [3.05, 3.63) is 126 Å². The third kappa shape index (κ3) is 4.61. The van der Waals surface area contributed by atoms with Crippen LogP contribution in [0.1, 0.15) is 35.5 Å². The molecule has 1 atom stereocenters. The molecule has 0 fully saturated rings. The van der Waals surface area contributed by atoms with Crippen LogP contribution in [0.15, 0.2) is 102 Å². The van der Waals surface area contributed by atoms with Gasteiger partial charge >= 0.3 is 6.03 Å². The first kappa shape index (κ1) is 25.0. The van der Waals surface area contributed by atoms with Crippen LogP contribution in [0.4, 0.5) is 14.9 Å². The molecule has 0 spiro atoms. The van der Waals surface area contributed by atoms with Gasteiger partial charge in [-0.05, 0) is 72.8 Å². The Balaban J connectivity index is 1.53. The summed E-state index contributed by atoms with van der Waals surface area (Å²) in [6.07, 6.45) is 4.73. The highest BCUT2D eigenvalue weighted by Gasteiger charge is 2.36. The van der Waals surface area contributed by atoms with Crippen LogP contribution in [0.5, 0.6) is 0 Å². The number of aromatic nitrogens is 3. The number of carbonyl (C=O) groups excluding carboxylic acids is 1. The van der Waals surface area contributed by atoms with Crippen LogP contribution in [-0.2, 0) is 13.0 Å². The zero-order valence-electron chi connectivity index (χ0n) is 21.7. The molecule has 1 aliphatic heterocycles. The summed E-state index contributed by atoms with van der Waals surface area (Å²) in [6, 6.07) is 27.5. The highest BCUT2D eigenvalue weighted by Crippen LogP contribution is 2.39. The van der Waals surface area contributed by atoms with E-state index in [9.17, 15) is 9.18 Å². The maximum atomic E-state index is 14.1. The molecule has 0 aliphatic carbocycles. The lowest BCUT2D eigenvalue weighted by Crippen LogP contribution is -2.38. The van der Waals surface area contributed by atoms with Crippen LogP contribution in [-0.4, -0.2) is 31.5 Å². The number of aryl methyl sites for hydroxylation is 1. The minimum Gasteiger partial charge on any atom is -0.308 e. The summed E-state index contributed by atoms with van der Waals surface area (Å²) in [5.41, 5.74) is 5.30. The second-order valence-electron chi connectivity index (χ2n) is 9.40. The van der Waals surface area contributed by atoms with E-state index in [2.05, 4.69) is 16.8 Å². The van der Waals surface area contributed by atoms with E-state index in [0.717, 1.165) is 44.6 Å². The first-order chi connectivity index (χ1) is 19.1. The zero-order chi connectivity index (χ0) is 26.9. The van der Waals surface area contributed by atoms with Gasteiger partial charge in [0.05, 0.1) is 29.7 Å². The van der Waals surface area contributed by atoms with Crippen LogP contribution in [0, 0.1) is 5.82 Å². The summed E-state index contributed by atoms with van der Waals surface area (Å²) >= 11 is 1.62. The van der Waals surface area contributed by atoms with Crippen LogP contribution < -0.4 is 5.32 Å². The van der Waals surface area contributed by atoms with Crippen molar-refractivity contribution in [3.8, 4) is 11.5 Å². The lowest BCUT2D eigenvalue weighted by Gasteiger charge is -2.31. The van der Waals surface area contributed by atoms with E-state index >= 15 is 0 Å². The Kier molecular flexibility index (Phi) is 6.70. The number of hydrogen-bond donors (Lipinski definition) is 1. The van der Waals surface area contributed by atoms with E-state index in [1.54, 1.807) is 23.9 Å². The molecule has 196 valence electrons. The maximum absolute atomic E-state index is 14.1. The molecule has 0 bridgehead atoms. The van der Waals surface area contributed by atoms with Crippen molar-refractivity contribution in [2.75, 3.05) is 11.6 Å². The molecule has 6 nitrogen and oxygen atoms in total. The average Bonchev–Trinajstić information content (AvgIpc) is 3.55. The number of nitrogens with one attached hydrogen (secondary N) is 1. The fraction of sp³-hybridized carbons (Fsp3) is 0.161. The van der Waals surface area contributed by atoms with Gasteiger partial charge in [0.25, 0.3) is 0 Å². The van der Waals surface area contributed by atoms with Gasteiger partial charge in [0, 0.05) is 22.3 Å². The van der Waals surface area contributed by atoms with Crippen molar-refractivity contribution < 1.29 is 9.18 Å². The summed E-state index contributed by atoms with van der Waals surface area (Å²) in [5.74, 6) is 0.591. The summed E-state index contributed by atoms with van der Waals surface area (Å²) in [4.78, 5) is 17.0. The van der Waals surface area contributed by atoms with E-state index < -0.39 is 6.04 Å². The molecule has 0 unspecified atom stereocenters. The Morgan fingerprint density at radius 2 is 1.82 bits per heavy atom. The lowest BCUT2D eigenvalue weighted by atomic mass is 10.0. The molecule has 3 aromatic carbocycles. The summed E-state index contributed by atoms with van der Waals surface area (Å²) in [6.45, 7) is 2.41. The number of amides is 2. The fourth-order valence-corrected chi connectivity index (χ4v) is 5.70. The monoisotopic (exact) mass is 537 g/mol. The number of halogens is 1. The van der Waals surface area contributed by atoms with Gasteiger partial charge in [-0.15, -0.1) is 11.8 Å². The van der Waals surface area contributed by atoms with Gasteiger partial charge in [-0.25, -0.2) is 13.9 Å². The predicted octanol–water partition coefficient (Wildman–Crippen LogP) is 7.22. The molecule has 6 rings (SSSR count). The number of urea groups is 1. The molecular weight excluding hydrogens is 509 g/mol. The van der Waals surface area contributed by atoms with E-state index in [-0.39, 0.29) is 11.8 Å². The van der Waals surface area contributed by atoms with Crippen LogP contribution in [0.2, 0.25) is 0 Å². The molecule has 8 heteroatoms. The van der Waals surface area contributed by atoms with Gasteiger partial charge < -0.3 is 14.8 Å². The zero-order valence-corrected chi connectivity index (χ0v) is 22.5. The number of anilines is 1. The summed E-state index contributed by atoms with van der Waals surface area (Å²) in [7, 11) is 0. The van der Waals surface area contributed by atoms with Gasteiger partial charge in [0.15, 0.2) is 0 Å². The van der Waals surface area contributed by atoms with Crippen molar-refractivity contribution in [2.24, 2.45) is 0 Å². The van der Waals surface area contributed by atoms with Gasteiger partial charge in [-0.2, -0.15) is 5.10 Å². The van der Waals surface area contributed by atoms with Gasteiger partial charge in [-0.3, -0.25) is 0 Å². The molecule has 5 aromatic rings. The Morgan fingerprint density at radius 1 is 1.03 bits per heavy atom. The summed E-state index contributed by atoms with van der Waals surface area (Å²) < 4.78 is 18.1. The topological polar surface area (TPSA) is 55.1 Å². The second-order valence-corrected chi connectivity index (χ2v) is 10.3. The van der Waals surface area contributed by atoms with Crippen molar-refractivity contribution in [3.63, 3.8) is 0 Å². The molecule has 0 saturated carbocycles. The third-order valence-electron chi connectivity index (χ3n) is 7.07. The molecule has 2 amide bonds. The van der Waals surface area contributed by atoms with E-state index in [0.29, 0.717) is 13.0 Å². The predicted molar refractivity (Wildman–Crippen MR) is 153 cm³/mol. The first-order valence-electron chi connectivity index (χ1n) is 12.9. The van der Waals surface area contributed by atoms with Gasteiger partial charge in [0.1, 0.15) is 11.6 Å². The largest absolute Gasteiger partial charge is 0.322 e. The minimum atomic E-state index is -0.453. The average molecular weight is 538 g/mol. The number of carbonyl (C=O) groups is 1. The molecule has 1 N–H and O–H groups in total. The Bertz CT molecular complexity index is 1630. The SMILES string of the molecule is CCc1nn(-c2ccccc2)c2c1CN(C(=O)Nc1cccc(SC)c1)[C@@H](c1ccc(F)cc1)c1cccn1-2. The highest BCUT2D eigenvalue weighted by molar-refractivity contribution is 7.98. The van der Waals surface area contributed by atoms with Crippen molar-refractivity contribution in [2.45, 2.75) is 30.8 Å². The molecule has 0 radical (unpaired) electrons. The van der Waals surface area contributed by atoms with Gasteiger partial charge in [0.2, 0.25) is 0 Å². The minimum absolute atomic E-state index is 0.238. The van der Waals surface area contributed by atoms with Crippen LogP contribution >= 0.6 is 11.8 Å². The standard InChI is InChI=1S/C31H28FN5OS/c1-3-27-26-20-36(31(38)33-23-9-7-12-25(19-23)39-2)29(21-14-16-22(32)17-15-21)28-13-8-18-35(28)30(26)37(34-27)24-10-5-4-6-11-24/h4-19,29H,3,20H2,1-2H3,(H,33,38)/t29-/m0/s1. The Labute approximate surface area is 231 Å². The smallest absolute Gasteiger partial charge is 0.308 e. The Morgan fingerprint density at radius 3 is 2.56 bits per heavy atom. The number of para-hydroxylation sites is 1. The molecular formula is C31H28FN5OS. The number of benzene rings is 3. The number of nitrogens with zero attached hydrogens (tertiary/aromatic N) is 4. The van der Waals surface area contributed by atoms with E-state index in [1.807, 2.05) is 88.8 Å².